The predicted octanol–water partition coefficient (Wildman–Crippen LogP) is 5.14. The first-order chi connectivity index (χ1) is 13.9. The highest BCUT2D eigenvalue weighted by atomic mass is 35.5. The van der Waals surface area contributed by atoms with E-state index in [2.05, 4.69) is 24.4 Å². The smallest absolute Gasteiger partial charge is 0.277 e. The van der Waals surface area contributed by atoms with Gasteiger partial charge in [-0.2, -0.15) is 5.10 Å². The van der Waals surface area contributed by atoms with Crippen LogP contribution in [0.2, 0.25) is 10.0 Å². The number of benzene rings is 2. The molecule has 1 atom stereocenters. The number of halogens is 2. The lowest BCUT2D eigenvalue weighted by Gasteiger charge is -2.11. The Kier molecular flexibility index (Phi) is 8.61. The summed E-state index contributed by atoms with van der Waals surface area (Å²) < 4.78 is 10.8. The summed E-state index contributed by atoms with van der Waals surface area (Å²) in [7, 11) is 0. The molecule has 8 heteroatoms. The van der Waals surface area contributed by atoms with E-state index >= 15 is 0 Å². The van der Waals surface area contributed by atoms with Gasteiger partial charge in [-0.15, -0.1) is 0 Å². The number of amides is 1. The molecule has 2 aromatic rings. The molecule has 0 aliphatic heterocycles. The molecule has 0 aromatic heterocycles. The van der Waals surface area contributed by atoms with Crippen LogP contribution < -0.4 is 14.9 Å². The van der Waals surface area contributed by atoms with Crippen LogP contribution in [0.3, 0.4) is 0 Å². The van der Waals surface area contributed by atoms with Crippen molar-refractivity contribution in [2.75, 3.05) is 13.2 Å². The highest BCUT2D eigenvalue weighted by Gasteiger charge is 2.15. The van der Waals surface area contributed by atoms with E-state index in [1.807, 2.05) is 24.3 Å². The molecule has 0 saturated carbocycles. The number of aromatic hydroxyl groups is 1. The highest BCUT2D eigenvalue weighted by molar-refractivity contribution is 6.43. The summed E-state index contributed by atoms with van der Waals surface area (Å²) in [6.07, 6.45) is 2.25. The van der Waals surface area contributed by atoms with Crippen molar-refractivity contribution in [3.8, 4) is 17.2 Å². The quantitative estimate of drug-likeness (QED) is 0.419. The molecule has 1 amide bonds. The minimum absolute atomic E-state index is 0.100. The zero-order valence-corrected chi connectivity index (χ0v) is 18.0. The Morgan fingerprint density at radius 1 is 1.24 bits per heavy atom. The van der Waals surface area contributed by atoms with Gasteiger partial charge in [0, 0.05) is 6.07 Å². The van der Waals surface area contributed by atoms with Crippen molar-refractivity contribution in [2.24, 2.45) is 5.10 Å². The zero-order chi connectivity index (χ0) is 21.4. The fourth-order valence-corrected chi connectivity index (χ4v) is 2.87. The maximum atomic E-state index is 11.9. The maximum Gasteiger partial charge on any atom is 0.277 e. The summed E-state index contributed by atoms with van der Waals surface area (Å²) in [5.74, 6) is 0.568. The Balaban J connectivity index is 1.95. The first kappa shape index (κ1) is 22.8. The molecular weight excluding hydrogens is 415 g/mol. The Morgan fingerprint density at radius 3 is 2.55 bits per heavy atom. The minimum atomic E-state index is -0.463. The second-order valence-corrected chi connectivity index (χ2v) is 7.11. The molecule has 0 saturated heterocycles. The van der Waals surface area contributed by atoms with Crippen molar-refractivity contribution in [3.05, 3.63) is 51.5 Å². The van der Waals surface area contributed by atoms with Gasteiger partial charge in [0.1, 0.15) is 5.75 Å². The predicted molar refractivity (Wildman–Crippen MR) is 116 cm³/mol. The largest absolute Gasteiger partial charge is 0.504 e. The van der Waals surface area contributed by atoms with Crippen molar-refractivity contribution in [3.63, 3.8) is 0 Å². The van der Waals surface area contributed by atoms with Crippen molar-refractivity contribution in [1.82, 2.24) is 5.43 Å². The number of hydrazone groups is 1. The molecule has 0 radical (unpaired) electrons. The number of hydrogen-bond donors (Lipinski definition) is 2. The van der Waals surface area contributed by atoms with Gasteiger partial charge in [0.2, 0.25) is 0 Å². The number of nitrogens with zero attached hydrogens (tertiary/aromatic N) is 1. The molecule has 156 valence electrons. The Bertz CT molecular complexity index is 870. The highest BCUT2D eigenvalue weighted by Crippen LogP contribution is 2.39. The van der Waals surface area contributed by atoms with Crippen LogP contribution in [0.1, 0.15) is 44.2 Å². The van der Waals surface area contributed by atoms with Crippen molar-refractivity contribution < 1.29 is 19.4 Å². The molecule has 2 rings (SSSR count). The van der Waals surface area contributed by atoms with Crippen LogP contribution in [-0.4, -0.2) is 30.4 Å². The van der Waals surface area contributed by atoms with E-state index in [1.54, 1.807) is 6.92 Å². The average molecular weight is 439 g/mol. The van der Waals surface area contributed by atoms with Gasteiger partial charge < -0.3 is 14.6 Å². The number of hydrogen-bond acceptors (Lipinski definition) is 5. The third-order valence-corrected chi connectivity index (χ3v) is 5.11. The van der Waals surface area contributed by atoms with E-state index in [1.165, 1.54) is 17.8 Å². The summed E-state index contributed by atoms with van der Waals surface area (Å²) in [5.41, 5.74) is 3.68. The van der Waals surface area contributed by atoms with E-state index in [0.29, 0.717) is 18.3 Å². The SMILES string of the molecule is CCOc1cc(Cl)c(Cl)c(/C=N/NC(=O)COc2ccc(C(C)CC)cc2)c1O. The summed E-state index contributed by atoms with van der Waals surface area (Å²) >= 11 is 12.1. The third kappa shape index (κ3) is 6.27. The van der Waals surface area contributed by atoms with Crippen molar-refractivity contribution in [2.45, 2.75) is 33.1 Å². The summed E-state index contributed by atoms with van der Waals surface area (Å²) in [6.45, 7) is 6.19. The van der Waals surface area contributed by atoms with Gasteiger partial charge in [-0.25, -0.2) is 5.43 Å². The second-order valence-electron chi connectivity index (χ2n) is 6.33. The van der Waals surface area contributed by atoms with E-state index < -0.39 is 5.91 Å². The van der Waals surface area contributed by atoms with Gasteiger partial charge in [0.05, 0.1) is 28.4 Å². The van der Waals surface area contributed by atoms with Crippen molar-refractivity contribution >= 4 is 35.3 Å². The van der Waals surface area contributed by atoms with Crippen LogP contribution in [0.5, 0.6) is 17.2 Å². The van der Waals surface area contributed by atoms with Gasteiger partial charge in [-0.1, -0.05) is 49.2 Å². The summed E-state index contributed by atoms with van der Waals surface area (Å²) in [6, 6.07) is 9.05. The monoisotopic (exact) mass is 438 g/mol. The molecule has 0 aliphatic carbocycles. The number of phenols is 1. The third-order valence-electron chi connectivity index (χ3n) is 4.31. The Morgan fingerprint density at radius 2 is 1.93 bits per heavy atom. The van der Waals surface area contributed by atoms with E-state index in [-0.39, 0.29) is 33.7 Å². The van der Waals surface area contributed by atoms with Crippen LogP contribution in [-0.2, 0) is 4.79 Å². The lowest BCUT2D eigenvalue weighted by Crippen LogP contribution is -2.24. The zero-order valence-electron chi connectivity index (χ0n) is 16.5. The van der Waals surface area contributed by atoms with Crippen molar-refractivity contribution in [1.29, 1.82) is 0 Å². The van der Waals surface area contributed by atoms with Gasteiger partial charge in [0.25, 0.3) is 5.91 Å². The molecule has 0 spiro atoms. The fourth-order valence-electron chi connectivity index (χ4n) is 2.47. The minimum Gasteiger partial charge on any atom is -0.504 e. The van der Waals surface area contributed by atoms with Gasteiger partial charge >= 0.3 is 0 Å². The first-order valence-electron chi connectivity index (χ1n) is 9.25. The first-order valence-corrected chi connectivity index (χ1v) is 10.0. The van der Waals surface area contributed by atoms with E-state index in [9.17, 15) is 9.90 Å². The maximum absolute atomic E-state index is 11.9. The second kappa shape index (κ2) is 10.9. The van der Waals surface area contributed by atoms with E-state index in [4.69, 9.17) is 32.7 Å². The number of phenolic OH excluding ortho intramolecular Hbond substituents is 1. The summed E-state index contributed by atoms with van der Waals surface area (Å²) in [4.78, 5) is 11.9. The molecule has 0 heterocycles. The number of carbonyl (C=O) groups excluding carboxylic acids is 1. The number of nitrogens with one attached hydrogen (secondary N) is 1. The van der Waals surface area contributed by atoms with Gasteiger partial charge in [-0.3, -0.25) is 4.79 Å². The van der Waals surface area contributed by atoms with Crippen LogP contribution >= 0.6 is 23.2 Å². The normalized spacial score (nSPS) is 12.0. The van der Waals surface area contributed by atoms with Crippen LogP contribution in [0.25, 0.3) is 0 Å². The molecule has 0 bridgehead atoms. The lowest BCUT2D eigenvalue weighted by molar-refractivity contribution is -0.123. The van der Waals surface area contributed by atoms with E-state index in [0.717, 1.165) is 6.42 Å². The van der Waals surface area contributed by atoms with Crippen LogP contribution in [0.4, 0.5) is 0 Å². The molecule has 0 fully saturated rings. The molecule has 1 unspecified atom stereocenters. The number of carbonyl (C=O) groups is 1. The molecule has 2 N–H and O–H groups in total. The Labute approximate surface area is 180 Å². The Hall–Kier alpha value is -2.44. The molecule has 2 aromatic carbocycles. The molecule has 29 heavy (non-hydrogen) atoms. The number of ether oxygens (including phenoxy) is 2. The molecular formula is C21H24Cl2N2O4. The standard InChI is InChI=1S/C21H24Cl2N2O4/c1-4-13(3)14-6-8-15(9-7-14)29-12-19(26)25-24-11-16-20(23)17(22)10-18(21(16)27)28-5-2/h6-11,13,27H,4-5,12H2,1-3H3,(H,25,26)/b24-11+. The molecule has 0 aliphatic rings. The van der Waals surface area contributed by atoms with Gasteiger partial charge in [0.15, 0.2) is 18.1 Å². The molecule has 6 nitrogen and oxygen atoms in total. The van der Waals surface area contributed by atoms with Gasteiger partial charge in [-0.05, 0) is 37.0 Å². The summed E-state index contributed by atoms with van der Waals surface area (Å²) in [5, 5.41) is 14.3. The number of rotatable bonds is 9. The fraction of sp³-hybridized carbons (Fsp3) is 0.333. The lowest BCUT2D eigenvalue weighted by atomic mass is 9.99. The van der Waals surface area contributed by atoms with Crippen LogP contribution in [0, 0.1) is 0 Å². The topological polar surface area (TPSA) is 80.2 Å². The average Bonchev–Trinajstić information content (AvgIpc) is 2.72. The van der Waals surface area contributed by atoms with Crippen LogP contribution in [0.15, 0.2) is 35.4 Å².